The molecule has 0 radical (unpaired) electrons. The Morgan fingerprint density at radius 1 is 0.780 bits per heavy atom. The van der Waals surface area contributed by atoms with Crippen LogP contribution >= 0.6 is 23.5 Å². The van der Waals surface area contributed by atoms with Gasteiger partial charge in [-0.2, -0.15) is 0 Å². The number of hydrogen-bond donors (Lipinski definition) is 3. The summed E-state index contributed by atoms with van der Waals surface area (Å²) in [5.74, 6) is 1.01. The van der Waals surface area contributed by atoms with Crippen LogP contribution in [0.25, 0.3) is 0 Å². The van der Waals surface area contributed by atoms with Gasteiger partial charge in [-0.3, -0.25) is 0 Å². The number of benzene rings is 2. The molecule has 2 aromatic carbocycles. The lowest BCUT2D eigenvalue weighted by Gasteiger charge is -2.11. The third kappa shape index (κ3) is 18.7. The molecular weight excluding hydrogens is 572 g/mol. The number of ether oxygens (including phenoxy) is 4. The van der Waals surface area contributed by atoms with Crippen LogP contribution in [-0.4, -0.2) is 77.0 Å². The third-order valence-corrected chi connectivity index (χ3v) is 5.63. The smallest absolute Gasteiger partial charge is 0.384 e. The maximum absolute atomic E-state index is 11.6. The van der Waals surface area contributed by atoms with Crippen molar-refractivity contribution in [3.63, 3.8) is 0 Å². The summed E-state index contributed by atoms with van der Waals surface area (Å²) in [6.45, 7) is 0. The molecule has 4 N–H and O–H groups in total. The number of aliphatic hydroxyl groups is 1. The fourth-order valence-electron chi connectivity index (χ4n) is 2.20. The molecule has 2 rings (SSSR count). The van der Waals surface area contributed by atoms with E-state index in [1.165, 1.54) is 40.2 Å². The monoisotopic (exact) mass is 610 g/mol. The largest absolute Gasteiger partial charge is 0.466 e. The van der Waals surface area contributed by atoms with E-state index < -0.39 is 23.9 Å². The minimum Gasteiger partial charge on any atom is -0.466 e. The van der Waals surface area contributed by atoms with Gasteiger partial charge < -0.3 is 35.1 Å². The highest BCUT2D eigenvalue weighted by atomic mass is 32.2. The third-order valence-electron chi connectivity index (χ3n) is 4.02. The normalized spacial score (nSPS) is 8.93. The summed E-state index contributed by atoms with van der Waals surface area (Å²) in [5, 5.41) is 9.88. The maximum atomic E-state index is 11.6. The molecule has 0 unspecified atom stereocenters. The first-order chi connectivity index (χ1) is 19.2. The summed E-state index contributed by atoms with van der Waals surface area (Å²) in [6.07, 6.45) is 5.00. The van der Waals surface area contributed by atoms with Crippen LogP contribution in [0.2, 0.25) is 0 Å². The van der Waals surface area contributed by atoms with Gasteiger partial charge in [0.15, 0.2) is 0 Å². The molecule has 0 aliphatic heterocycles. The van der Waals surface area contributed by atoms with Crippen LogP contribution < -0.4 is 11.1 Å². The van der Waals surface area contributed by atoms with Crippen LogP contribution in [0, 0.1) is 11.8 Å². The van der Waals surface area contributed by atoms with Crippen molar-refractivity contribution in [2.24, 2.45) is 0 Å². The van der Waals surface area contributed by atoms with Crippen molar-refractivity contribution in [2.75, 3.05) is 59.1 Å². The van der Waals surface area contributed by atoms with Crippen molar-refractivity contribution in [3.05, 3.63) is 60.3 Å². The molecule has 0 aliphatic rings. The number of aliphatic hydroxyl groups excluding tert-OH is 1. The Morgan fingerprint density at radius 2 is 1.24 bits per heavy atom. The van der Waals surface area contributed by atoms with Crippen LogP contribution in [0.5, 0.6) is 0 Å². The topological polar surface area (TPSA) is 163 Å². The number of nitrogens with two attached hydrogens (primary N) is 1. The SMILES string of the molecule is C.CO.COC(=O)/C=C(/Nc1ccccc1SC)C(=O)OC.COC(=O)C#CC(=O)OC.CSc1ccccc1N. The quantitative estimate of drug-likeness (QED) is 0.0827. The van der Waals surface area contributed by atoms with Gasteiger partial charge in [0.2, 0.25) is 0 Å². The highest BCUT2D eigenvalue weighted by Crippen LogP contribution is 2.26. The van der Waals surface area contributed by atoms with Gasteiger partial charge in [0.1, 0.15) is 5.70 Å². The first-order valence-corrected chi connectivity index (χ1v) is 13.4. The predicted octanol–water partition coefficient (Wildman–Crippen LogP) is 3.62. The number of carbonyl (C=O) groups is 4. The molecule has 0 saturated carbocycles. The number of nitrogens with one attached hydrogen (secondary N) is 1. The molecule has 13 heteroatoms. The van der Waals surface area contributed by atoms with Crippen molar-refractivity contribution >= 4 is 58.8 Å². The van der Waals surface area contributed by atoms with Crippen molar-refractivity contribution < 1.29 is 43.2 Å². The van der Waals surface area contributed by atoms with E-state index in [-0.39, 0.29) is 13.1 Å². The van der Waals surface area contributed by atoms with E-state index in [9.17, 15) is 19.2 Å². The summed E-state index contributed by atoms with van der Waals surface area (Å²) in [7, 11) is 5.84. The summed E-state index contributed by atoms with van der Waals surface area (Å²) < 4.78 is 17.4. The molecule has 0 aromatic heterocycles. The van der Waals surface area contributed by atoms with Crippen LogP contribution in [-0.2, 0) is 38.1 Å². The van der Waals surface area contributed by atoms with Crippen molar-refractivity contribution in [2.45, 2.75) is 17.2 Å². The molecule has 0 fully saturated rings. The van der Waals surface area contributed by atoms with Crippen LogP contribution in [0.15, 0.2) is 70.1 Å². The maximum Gasteiger partial charge on any atom is 0.384 e. The van der Waals surface area contributed by atoms with Gasteiger partial charge in [0, 0.05) is 34.4 Å². The second kappa shape index (κ2) is 26.1. The Balaban J connectivity index is -0.000000555. The second-order valence-electron chi connectivity index (χ2n) is 6.37. The molecule has 0 saturated heterocycles. The van der Waals surface area contributed by atoms with Gasteiger partial charge in [0.05, 0.1) is 40.2 Å². The summed E-state index contributed by atoms with van der Waals surface area (Å²) in [4.78, 5) is 45.4. The molecule has 226 valence electrons. The molecule has 41 heavy (non-hydrogen) atoms. The van der Waals surface area contributed by atoms with E-state index in [2.05, 4.69) is 24.3 Å². The van der Waals surface area contributed by atoms with E-state index in [4.69, 9.17) is 10.8 Å². The van der Waals surface area contributed by atoms with Crippen LogP contribution in [0.3, 0.4) is 0 Å². The molecule has 0 spiro atoms. The van der Waals surface area contributed by atoms with Gasteiger partial charge in [0.25, 0.3) is 0 Å². The Labute approximate surface area is 250 Å². The number of para-hydroxylation sites is 2. The Morgan fingerprint density at radius 3 is 1.63 bits per heavy atom. The number of methoxy groups -OCH3 is 4. The summed E-state index contributed by atoms with van der Waals surface area (Å²) >= 11 is 3.19. The molecule has 2 aromatic rings. The summed E-state index contributed by atoms with van der Waals surface area (Å²) in [5.41, 5.74) is 7.22. The Bertz CT molecular complexity index is 1160. The second-order valence-corrected chi connectivity index (χ2v) is 8.07. The highest BCUT2D eigenvalue weighted by Gasteiger charge is 2.14. The van der Waals surface area contributed by atoms with Gasteiger partial charge in [-0.05, 0) is 36.8 Å². The van der Waals surface area contributed by atoms with E-state index in [0.717, 1.165) is 34.4 Å². The number of carbonyl (C=O) groups excluding carboxylic acids is 4. The van der Waals surface area contributed by atoms with Gasteiger partial charge in [-0.25, -0.2) is 19.2 Å². The number of nitrogen functional groups attached to an aromatic ring is 1. The first-order valence-electron chi connectivity index (χ1n) is 11.0. The molecule has 0 aliphatic carbocycles. The molecule has 0 bridgehead atoms. The first kappa shape index (κ1) is 41.4. The number of hydrogen-bond acceptors (Lipinski definition) is 13. The van der Waals surface area contributed by atoms with Crippen molar-refractivity contribution in [1.82, 2.24) is 0 Å². The van der Waals surface area contributed by atoms with Crippen LogP contribution in [0.4, 0.5) is 11.4 Å². The van der Waals surface area contributed by atoms with Gasteiger partial charge in [-0.1, -0.05) is 31.7 Å². The number of anilines is 2. The lowest BCUT2D eigenvalue weighted by molar-refractivity contribution is -0.138. The average Bonchev–Trinajstić information content (AvgIpc) is 3.00. The highest BCUT2D eigenvalue weighted by molar-refractivity contribution is 7.99. The summed E-state index contributed by atoms with van der Waals surface area (Å²) in [6, 6.07) is 15.3. The fraction of sp³-hybridized carbons (Fsp3) is 0.286. The minimum absolute atomic E-state index is 0. The molecule has 0 heterocycles. The van der Waals surface area contributed by atoms with Crippen LogP contribution in [0.1, 0.15) is 7.43 Å². The molecular formula is C28H38N2O9S2. The number of rotatable bonds is 6. The van der Waals surface area contributed by atoms with E-state index in [0.29, 0.717) is 0 Å². The number of thioether (sulfide) groups is 2. The zero-order valence-electron chi connectivity index (χ0n) is 23.3. The lowest BCUT2D eigenvalue weighted by atomic mass is 10.3. The number of esters is 4. The molecule has 0 amide bonds. The molecule has 11 nitrogen and oxygen atoms in total. The predicted molar refractivity (Wildman–Crippen MR) is 163 cm³/mol. The molecule has 0 atom stereocenters. The van der Waals surface area contributed by atoms with E-state index in [1.807, 2.05) is 66.8 Å². The zero-order chi connectivity index (χ0) is 30.9. The zero-order valence-corrected chi connectivity index (χ0v) is 24.9. The van der Waals surface area contributed by atoms with Gasteiger partial charge >= 0.3 is 23.9 Å². The fourth-order valence-corrected chi connectivity index (χ4v) is 3.27. The minimum atomic E-state index is -0.759. The van der Waals surface area contributed by atoms with E-state index in [1.54, 1.807) is 17.8 Å². The Kier molecular flexibility index (Phi) is 26.4. The van der Waals surface area contributed by atoms with E-state index >= 15 is 0 Å². The van der Waals surface area contributed by atoms with Crippen molar-refractivity contribution in [1.29, 1.82) is 0 Å². The van der Waals surface area contributed by atoms with Gasteiger partial charge in [-0.15, -0.1) is 23.5 Å². The lowest BCUT2D eigenvalue weighted by Crippen LogP contribution is -2.15. The standard InChI is InChI=1S/C13H15NO4S.C7H9NS.C6H6O4.CH4O.CH4/c1-17-12(15)8-10(13(16)18-2)14-9-6-4-5-7-11(9)19-3;1-9-7-5-3-2-4-6(7)8;1-9-5(7)3-4-6(8)10-2;1-2;/h4-8,14H,1-3H3;2-5H,8H2,1H3;1-2H3;2H,1H3;1H4/b10-8+;;;;. The van der Waals surface area contributed by atoms with Crippen molar-refractivity contribution in [3.8, 4) is 11.8 Å². The average molecular weight is 611 g/mol. The Hall–Kier alpha value is -4.12.